The van der Waals surface area contributed by atoms with Gasteiger partial charge in [-0.15, -0.1) is 0 Å². The van der Waals surface area contributed by atoms with Gasteiger partial charge in [0.25, 0.3) is 0 Å². The molecule has 0 aliphatic heterocycles. The maximum Gasteiger partial charge on any atom is 0.222 e. The molecule has 4 N–H and O–H groups in total. The standard InChI is InChI=1S/C16H19BrN4O/c17-13-6-5-11(22)9-10(13)7-8-19-15-12-3-1-2-4-14(12)20-16(18)21-15/h5-6,9,22H,1-4,7-8H2,(H3,18,19,20,21). The fraction of sp³-hybridized carbons (Fsp3) is 0.375. The van der Waals surface area contributed by atoms with E-state index in [1.54, 1.807) is 12.1 Å². The Bertz CT molecular complexity index is 690. The Morgan fingerprint density at radius 1 is 1.23 bits per heavy atom. The number of nitrogens with two attached hydrogens (primary N) is 1. The van der Waals surface area contributed by atoms with E-state index in [9.17, 15) is 5.11 Å². The SMILES string of the molecule is Nc1nc2c(c(NCCc3cc(O)ccc3Br)n1)CCCC2. The number of aromatic nitrogens is 2. The Hall–Kier alpha value is -1.82. The maximum atomic E-state index is 9.57. The van der Waals surface area contributed by atoms with Crippen LogP contribution in [0.3, 0.4) is 0 Å². The molecule has 6 heteroatoms. The van der Waals surface area contributed by atoms with Gasteiger partial charge in [-0.3, -0.25) is 0 Å². The van der Waals surface area contributed by atoms with E-state index in [0.29, 0.717) is 5.95 Å². The van der Waals surface area contributed by atoms with Crippen LogP contribution in [0.2, 0.25) is 0 Å². The summed E-state index contributed by atoms with van der Waals surface area (Å²) in [7, 11) is 0. The summed E-state index contributed by atoms with van der Waals surface area (Å²) in [6.07, 6.45) is 5.11. The van der Waals surface area contributed by atoms with E-state index in [2.05, 4.69) is 31.2 Å². The third-order valence-corrected chi connectivity index (χ3v) is 4.69. The number of rotatable bonds is 4. The first-order valence-electron chi connectivity index (χ1n) is 7.50. The summed E-state index contributed by atoms with van der Waals surface area (Å²) in [4.78, 5) is 8.70. The highest BCUT2D eigenvalue weighted by atomic mass is 79.9. The molecule has 0 spiro atoms. The summed E-state index contributed by atoms with van der Waals surface area (Å²) >= 11 is 3.50. The van der Waals surface area contributed by atoms with Crippen molar-refractivity contribution >= 4 is 27.7 Å². The van der Waals surface area contributed by atoms with Crippen molar-refractivity contribution in [1.82, 2.24) is 9.97 Å². The molecule has 0 fully saturated rings. The van der Waals surface area contributed by atoms with E-state index in [1.165, 1.54) is 18.4 Å². The molecule has 0 saturated carbocycles. The van der Waals surface area contributed by atoms with Crippen molar-refractivity contribution in [3.05, 3.63) is 39.5 Å². The topological polar surface area (TPSA) is 84.1 Å². The second-order valence-electron chi connectivity index (χ2n) is 5.52. The molecule has 0 radical (unpaired) electrons. The van der Waals surface area contributed by atoms with Gasteiger partial charge in [-0.05, 0) is 55.9 Å². The van der Waals surface area contributed by atoms with E-state index in [4.69, 9.17) is 5.73 Å². The molecule has 2 aromatic rings. The number of nitrogens with zero attached hydrogens (tertiary/aromatic N) is 2. The molecule has 1 heterocycles. The third kappa shape index (κ3) is 3.32. The van der Waals surface area contributed by atoms with Gasteiger partial charge in [-0.1, -0.05) is 15.9 Å². The van der Waals surface area contributed by atoms with Gasteiger partial charge < -0.3 is 16.2 Å². The quantitative estimate of drug-likeness (QED) is 0.778. The fourth-order valence-electron chi connectivity index (χ4n) is 2.83. The smallest absolute Gasteiger partial charge is 0.222 e. The molecule has 1 aromatic carbocycles. The van der Waals surface area contributed by atoms with Crippen LogP contribution in [0.5, 0.6) is 5.75 Å². The zero-order valence-electron chi connectivity index (χ0n) is 12.3. The zero-order valence-corrected chi connectivity index (χ0v) is 13.9. The molecule has 116 valence electrons. The Balaban J connectivity index is 1.71. The molecule has 0 atom stereocenters. The number of phenolic OH excluding ortho intramolecular Hbond substituents is 1. The minimum absolute atomic E-state index is 0.279. The first kappa shape index (κ1) is 15.1. The number of phenols is 1. The van der Waals surface area contributed by atoms with Crippen molar-refractivity contribution in [2.45, 2.75) is 32.1 Å². The number of hydrogen-bond acceptors (Lipinski definition) is 5. The molecule has 0 unspecified atom stereocenters. The Kier molecular flexibility index (Phi) is 4.47. The van der Waals surface area contributed by atoms with E-state index < -0.39 is 0 Å². The zero-order chi connectivity index (χ0) is 15.5. The predicted octanol–water partition coefficient (Wildman–Crippen LogP) is 3.06. The average Bonchev–Trinajstić information content (AvgIpc) is 2.50. The number of hydrogen-bond donors (Lipinski definition) is 3. The van der Waals surface area contributed by atoms with E-state index in [-0.39, 0.29) is 5.75 Å². The monoisotopic (exact) mass is 362 g/mol. The first-order chi connectivity index (χ1) is 10.6. The number of nitrogen functional groups attached to an aromatic ring is 1. The predicted molar refractivity (Wildman–Crippen MR) is 91.1 cm³/mol. The number of benzene rings is 1. The molecule has 1 aliphatic carbocycles. The highest BCUT2D eigenvalue weighted by molar-refractivity contribution is 9.10. The van der Waals surface area contributed by atoms with Gasteiger partial charge in [0.2, 0.25) is 5.95 Å². The van der Waals surface area contributed by atoms with Gasteiger partial charge in [-0.2, -0.15) is 4.98 Å². The number of fused-ring (bicyclic) bond motifs is 1. The van der Waals surface area contributed by atoms with Crippen LogP contribution in [0.4, 0.5) is 11.8 Å². The molecule has 5 nitrogen and oxygen atoms in total. The lowest BCUT2D eigenvalue weighted by Crippen LogP contribution is -2.16. The number of halogens is 1. The van der Waals surface area contributed by atoms with Gasteiger partial charge in [0, 0.05) is 16.6 Å². The van der Waals surface area contributed by atoms with E-state index >= 15 is 0 Å². The lowest BCUT2D eigenvalue weighted by Gasteiger charge is -2.19. The first-order valence-corrected chi connectivity index (χ1v) is 8.29. The highest BCUT2D eigenvalue weighted by Gasteiger charge is 2.16. The van der Waals surface area contributed by atoms with Crippen molar-refractivity contribution in [3.63, 3.8) is 0 Å². The molecular formula is C16H19BrN4O. The van der Waals surface area contributed by atoms with Gasteiger partial charge in [-0.25, -0.2) is 4.98 Å². The lowest BCUT2D eigenvalue weighted by atomic mass is 9.96. The summed E-state index contributed by atoms with van der Waals surface area (Å²) in [5.41, 5.74) is 9.15. The van der Waals surface area contributed by atoms with Crippen molar-refractivity contribution < 1.29 is 5.11 Å². The number of aromatic hydroxyl groups is 1. The van der Waals surface area contributed by atoms with E-state index in [0.717, 1.165) is 47.4 Å². The Labute approximate surface area is 138 Å². The molecule has 22 heavy (non-hydrogen) atoms. The van der Waals surface area contributed by atoms with Crippen molar-refractivity contribution in [1.29, 1.82) is 0 Å². The average molecular weight is 363 g/mol. The van der Waals surface area contributed by atoms with E-state index in [1.807, 2.05) is 6.07 Å². The second kappa shape index (κ2) is 6.52. The number of anilines is 2. The summed E-state index contributed by atoms with van der Waals surface area (Å²) in [6, 6.07) is 5.30. The van der Waals surface area contributed by atoms with Gasteiger partial charge in [0.1, 0.15) is 11.6 Å². The molecule has 3 rings (SSSR count). The second-order valence-corrected chi connectivity index (χ2v) is 6.37. The molecule has 0 bridgehead atoms. The normalized spacial score (nSPS) is 13.7. The highest BCUT2D eigenvalue weighted by Crippen LogP contribution is 2.26. The van der Waals surface area contributed by atoms with Crippen LogP contribution in [0, 0.1) is 0 Å². The number of nitrogens with one attached hydrogen (secondary N) is 1. The van der Waals surface area contributed by atoms with Gasteiger partial charge in [0.15, 0.2) is 0 Å². The van der Waals surface area contributed by atoms with Gasteiger partial charge >= 0.3 is 0 Å². The molecule has 1 aromatic heterocycles. The third-order valence-electron chi connectivity index (χ3n) is 3.92. The van der Waals surface area contributed by atoms with Crippen LogP contribution in [-0.4, -0.2) is 21.6 Å². The largest absolute Gasteiger partial charge is 0.508 e. The van der Waals surface area contributed by atoms with Crippen LogP contribution in [0.1, 0.15) is 29.7 Å². The van der Waals surface area contributed by atoms with Crippen molar-refractivity contribution in [2.75, 3.05) is 17.6 Å². The summed E-state index contributed by atoms with van der Waals surface area (Å²) < 4.78 is 0.997. The molecule has 0 saturated heterocycles. The molecule has 1 aliphatic rings. The minimum Gasteiger partial charge on any atom is -0.508 e. The number of aryl methyl sites for hydroxylation is 1. The fourth-order valence-corrected chi connectivity index (χ4v) is 3.27. The maximum absolute atomic E-state index is 9.57. The lowest BCUT2D eigenvalue weighted by molar-refractivity contribution is 0.474. The Morgan fingerprint density at radius 3 is 2.91 bits per heavy atom. The van der Waals surface area contributed by atoms with Crippen LogP contribution in [0.15, 0.2) is 22.7 Å². The summed E-state index contributed by atoms with van der Waals surface area (Å²) in [5, 5.41) is 12.9. The summed E-state index contributed by atoms with van der Waals surface area (Å²) in [5.74, 6) is 1.47. The van der Waals surface area contributed by atoms with Crippen molar-refractivity contribution in [2.24, 2.45) is 0 Å². The van der Waals surface area contributed by atoms with Crippen LogP contribution in [-0.2, 0) is 19.3 Å². The molecule has 0 amide bonds. The van der Waals surface area contributed by atoms with Gasteiger partial charge in [0.05, 0.1) is 5.69 Å². The van der Waals surface area contributed by atoms with Crippen LogP contribution in [0.25, 0.3) is 0 Å². The van der Waals surface area contributed by atoms with Crippen molar-refractivity contribution in [3.8, 4) is 5.75 Å². The summed E-state index contributed by atoms with van der Waals surface area (Å²) in [6.45, 7) is 0.727. The van der Waals surface area contributed by atoms with Crippen LogP contribution < -0.4 is 11.1 Å². The Morgan fingerprint density at radius 2 is 2.05 bits per heavy atom. The molecular weight excluding hydrogens is 344 g/mol. The van der Waals surface area contributed by atoms with Crippen LogP contribution >= 0.6 is 15.9 Å². The minimum atomic E-state index is 0.279.